The highest BCUT2D eigenvalue weighted by Crippen LogP contribution is 2.29. The molecule has 148 valence electrons. The van der Waals surface area contributed by atoms with Crippen molar-refractivity contribution in [1.82, 2.24) is 10.6 Å². The van der Waals surface area contributed by atoms with E-state index in [1.807, 2.05) is 22.6 Å². The third-order valence-corrected chi connectivity index (χ3v) is 5.13. The van der Waals surface area contributed by atoms with Crippen LogP contribution in [0.3, 0.4) is 0 Å². The molecule has 1 atom stereocenters. The second-order valence-electron chi connectivity index (χ2n) is 5.33. The van der Waals surface area contributed by atoms with E-state index in [0.717, 1.165) is 3.57 Å². The number of amides is 1. The summed E-state index contributed by atoms with van der Waals surface area (Å²) >= 11 is 25.1. The number of nitro groups is 1. The summed E-state index contributed by atoms with van der Waals surface area (Å²) in [4.78, 5) is 22.8. The molecule has 2 aromatic carbocycles. The monoisotopic (exact) mass is 572 g/mol. The highest BCUT2D eigenvalue weighted by Gasteiger charge is 2.35. The number of rotatable bonds is 5. The molecular weight excluding hydrogens is 562 g/mol. The number of anilines is 1. The first-order valence-corrected chi connectivity index (χ1v) is 10.1. The van der Waals surface area contributed by atoms with Gasteiger partial charge in [0, 0.05) is 21.4 Å². The Balaban J connectivity index is 2.11. The molecule has 0 saturated heterocycles. The lowest BCUT2D eigenvalue weighted by molar-refractivity contribution is -0.384. The summed E-state index contributed by atoms with van der Waals surface area (Å²) < 4.78 is -1.21. The van der Waals surface area contributed by atoms with Crippen LogP contribution >= 0.6 is 69.6 Å². The molecule has 0 fully saturated rings. The molecule has 0 aliphatic rings. The molecule has 0 aliphatic heterocycles. The van der Waals surface area contributed by atoms with Crippen molar-refractivity contribution in [2.24, 2.45) is 0 Å². The molecule has 7 nitrogen and oxygen atoms in total. The Kier molecular flexibility index (Phi) is 8.07. The SMILES string of the molecule is O=C(NC(NC(=S)Nc1cccc([N+](=O)[O-])c1)C(Cl)(Cl)Cl)c1ccccc1I. The van der Waals surface area contributed by atoms with Gasteiger partial charge in [-0.1, -0.05) is 53.0 Å². The number of carbonyl (C=O) groups excluding carboxylic acids is 1. The van der Waals surface area contributed by atoms with E-state index in [1.165, 1.54) is 18.2 Å². The highest BCUT2D eigenvalue weighted by atomic mass is 127. The largest absolute Gasteiger partial charge is 0.339 e. The predicted molar refractivity (Wildman–Crippen MR) is 123 cm³/mol. The molecule has 0 bridgehead atoms. The van der Waals surface area contributed by atoms with Gasteiger partial charge in [0.1, 0.15) is 6.17 Å². The van der Waals surface area contributed by atoms with Gasteiger partial charge in [0.15, 0.2) is 5.11 Å². The van der Waals surface area contributed by atoms with Gasteiger partial charge < -0.3 is 16.0 Å². The summed E-state index contributed by atoms with van der Waals surface area (Å²) in [7, 11) is 0. The number of benzene rings is 2. The van der Waals surface area contributed by atoms with Gasteiger partial charge in [-0.25, -0.2) is 0 Å². The zero-order valence-corrected chi connectivity index (χ0v) is 19.0. The Hall–Kier alpha value is -1.40. The van der Waals surface area contributed by atoms with E-state index in [1.54, 1.807) is 30.3 Å². The second-order valence-corrected chi connectivity index (χ2v) is 9.27. The normalized spacial score (nSPS) is 12.0. The van der Waals surface area contributed by atoms with Crippen LogP contribution in [0.1, 0.15) is 10.4 Å². The Morgan fingerprint density at radius 1 is 1.14 bits per heavy atom. The number of halogens is 4. The smallest absolute Gasteiger partial charge is 0.271 e. The molecule has 0 saturated carbocycles. The second kappa shape index (κ2) is 9.88. The minimum absolute atomic E-state index is 0.000110. The first kappa shape index (κ1) is 22.9. The van der Waals surface area contributed by atoms with Crippen molar-refractivity contribution in [2.75, 3.05) is 5.32 Å². The van der Waals surface area contributed by atoms with Crippen LogP contribution in [-0.2, 0) is 0 Å². The first-order chi connectivity index (χ1) is 13.1. The molecule has 1 amide bonds. The number of nitro benzene ring substituents is 1. The highest BCUT2D eigenvalue weighted by molar-refractivity contribution is 14.1. The maximum atomic E-state index is 12.5. The molecule has 0 heterocycles. The summed E-state index contributed by atoms with van der Waals surface area (Å²) in [6, 6.07) is 12.6. The Bertz CT molecular complexity index is 911. The number of non-ortho nitro benzene ring substituents is 1. The van der Waals surface area contributed by atoms with Gasteiger partial charge in [-0.3, -0.25) is 14.9 Å². The van der Waals surface area contributed by atoms with Crippen molar-refractivity contribution in [3.8, 4) is 0 Å². The van der Waals surface area contributed by atoms with E-state index in [-0.39, 0.29) is 10.8 Å². The lowest BCUT2D eigenvalue weighted by atomic mass is 10.2. The average Bonchev–Trinajstić information content (AvgIpc) is 2.60. The van der Waals surface area contributed by atoms with Gasteiger partial charge >= 0.3 is 0 Å². The van der Waals surface area contributed by atoms with Crippen LogP contribution in [0.2, 0.25) is 0 Å². The van der Waals surface area contributed by atoms with Gasteiger partial charge in [0.25, 0.3) is 11.6 Å². The molecule has 28 heavy (non-hydrogen) atoms. The van der Waals surface area contributed by atoms with Crippen molar-refractivity contribution < 1.29 is 9.72 Å². The Morgan fingerprint density at radius 2 is 1.82 bits per heavy atom. The van der Waals surface area contributed by atoms with Crippen LogP contribution in [0, 0.1) is 13.7 Å². The van der Waals surface area contributed by atoms with Crippen LogP contribution in [0.5, 0.6) is 0 Å². The zero-order chi connectivity index (χ0) is 20.9. The molecule has 0 aliphatic carbocycles. The molecule has 0 spiro atoms. The fraction of sp³-hybridized carbons (Fsp3) is 0.125. The van der Waals surface area contributed by atoms with Crippen molar-refractivity contribution in [1.29, 1.82) is 0 Å². The third-order valence-electron chi connectivity index (χ3n) is 3.31. The number of hydrogen-bond acceptors (Lipinski definition) is 4. The van der Waals surface area contributed by atoms with E-state index >= 15 is 0 Å². The predicted octanol–water partition coefficient (Wildman–Crippen LogP) is 4.61. The first-order valence-electron chi connectivity index (χ1n) is 7.52. The molecule has 2 rings (SSSR count). The van der Waals surface area contributed by atoms with Gasteiger partial charge in [-0.2, -0.15) is 0 Å². The third kappa shape index (κ3) is 6.59. The van der Waals surface area contributed by atoms with Crippen LogP contribution in [-0.4, -0.2) is 25.9 Å². The van der Waals surface area contributed by atoms with Crippen molar-refractivity contribution >= 4 is 92.0 Å². The lowest BCUT2D eigenvalue weighted by Crippen LogP contribution is -2.56. The summed E-state index contributed by atoms with van der Waals surface area (Å²) in [5.41, 5.74) is 0.651. The van der Waals surface area contributed by atoms with Crippen LogP contribution < -0.4 is 16.0 Å². The van der Waals surface area contributed by atoms with Gasteiger partial charge in [-0.15, -0.1) is 0 Å². The number of hydrogen-bond donors (Lipinski definition) is 3. The number of alkyl halides is 3. The van der Waals surface area contributed by atoms with Crippen molar-refractivity contribution in [2.45, 2.75) is 9.96 Å². The fourth-order valence-electron chi connectivity index (χ4n) is 2.05. The average molecular weight is 574 g/mol. The number of thiocarbonyl (C=S) groups is 1. The van der Waals surface area contributed by atoms with E-state index in [4.69, 9.17) is 47.0 Å². The minimum Gasteiger partial charge on any atom is -0.339 e. The molecule has 12 heteroatoms. The molecule has 0 radical (unpaired) electrons. The maximum Gasteiger partial charge on any atom is 0.271 e. The van der Waals surface area contributed by atoms with Crippen molar-refractivity contribution in [3.63, 3.8) is 0 Å². The van der Waals surface area contributed by atoms with E-state index < -0.39 is 20.8 Å². The fourth-order valence-corrected chi connectivity index (χ4v) is 3.24. The summed E-state index contributed by atoms with van der Waals surface area (Å²) in [6.07, 6.45) is -1.17. The van der Waals surface area contributed by atoms with Crippen LogP contribution in [0.15, 0.2) is 48.5 Å². The number of carbonyl (C=O) groups is 1. The number of nitrogens with one attached hydrogen (secondary N) is 3. The summed E-state index contributed by atoms with van der Waals surface area (Å²) in [5, 5.41) is 18.9. The van der Waals surface area contributed by atoms with Gasteiger partial charge in [0.2, 0.25) is 3.79 Å². The van der Waals surface area contributed by atoms with E-state index in [0.29, 0.717) is 11.3 Å². The van der Waals surface area contributed by atoms with Gasteiger partial charge in [0.05, 0.1) is 10.5 Å². The topological polar surface area (TPSA) is 96.3 Å². The molecule has 0 aromatic heterocycles. The Labute approximate surface area is 194 Å². The van der Waals surface area contributed by atoms with E-state index in [2.05, 4.69) is 16.0 Å². The standard InChI is InChI=1S/C16H12Cl3IN4O3S/c17-16(18,19)14(22-13(25)11-6-1-2-7-12(11)20)23-15(28)21-9-4-3-5-10(8-9)24(26)27/h1-8,14H,(H,22,25)(H2,21,23,28). The van der Waals surface area contributed by atoms with E-state index in [9.17, 15) is 14.9 Å². The molecule has 2 aromatic rings. The minimum atomic E-state index is -1.93. The Morgan fingerprint density at radius 3 is 2.43 bits per heavy atom. The lowest BCUT2D eigenvalue weighted by Gasteiger charge is -2.28. The summed E-state index contributed by atoms with van der Waals surface area (Å²) in [5.74, 6) is -0.466. The summed E-state index contributed by atoms with van der Waals surface area (Å²) in [6.45, 7) is 0. The number of nitrogens with zero attached hydrogens (tertiary/aromatic N) is 1. The van der Waals surface area contributed by atoms with Crippen LogP contribution in [0.4, 0.5) is 11.4 Å². The maximum absolute atomic E-state index is 12.5. The van der Waals surface area contributed by atoms with Crippen LogP contribution in [0.25, 0.3) is 0 Å². The zero-order valence-electron chi connectivity index (χ0n) is 13.8. The molecular formula is C16H12Cl3IN4O3S. The molecule has 1 unspecified atom stereocenters. The molecule has 3 N–H and O–H groups in total. The van der Waals surface area contributed by atoms with Gasteiger partial charge in [-0.05, 0) is 53.0 Å². The van der Waals surface area contributed by atoms with Crippen molar-refractivity contribution in [3.05, 3.63) is 67.8 Å². The quantitative estimate of drug-likeness (QED) is 0.121.